The minimum absolute atomic E-state index is 0.0359. The first-order valence-corrected chi connectivity index (χ1v) is 15.2. The maximum Gasteiger partial charge on any atom is 0.185 e. The highest BCUT2D eigenvalue weighted by Crippen LogP contribution is 2.38. The van der Waals surface area contributed by atoms with Crippen LogP contribution in [0.5, 0.6) is 0 Å². The molecule has 1 atom stereocenters. The predicted molar refractivity (Wildman–Crippen MR) is 169 cm³/mol. The second-order valence-corrected chi connectivity index (χ2v) is 12.0. The molecule has 0 bridgehead atoms. The van der Waals surface area contributed by atoms with Crippen LogP contribution < -0.4 is 26.5 Å². The van der Waals surface area contributed by atoms with E-state index in [2.05, 4.69) is 51.4 Å². The van der Waals surface area contributed by atoms with Crippen LogP contribution >= 0.6 is 34.5 Å². The van der Waals surface area contributed by atoms with Crippen molar-refractivity contribution in [3.63, 3.8) is 0 Å². The number of nitrogens with one attached hydrogen (secondary N) is 4. The van der Waals surface area contributed by atoms with Gasteiger partial charge in [0, 0.05) is 53.7 Å². The molecule has 0 spiro atoms. The van der Waals surface area contributed by atoms with E-state index in [4.69, 9.17) is 32.9 Å². The van der Waals surface area contributed by atoms with E-state index < -0.39 is 5.82 Å². The van der Waals surface area contributed by atoms with Crippen molar-refractivity contribution in [3.05, 3.63) is 80.9 Å². The molecule has 0 amide bonds. The smallest absolute Gasteiger partial charge is 0.185 e. The Hall–Kier alpha value is -3.86. The Bertz CT molecular complexity index is 1740. The molecule has 0 unspecified atom stereocenters. The summed E-state index contributed by atoms with van der Waals surface area (Å²) in [7, 11) is 0. The van der Waals surface area contributed by atoms with Crippen molar-refractivity contribution in [2.75, 3.05) is 41.8 Å². The van der Waals surface area contributed by atoms with Crippen molar-refractivity contribution in [1.29, 1.82) is 5.26 Å². The lowest BCUT2D eigenvalue weighted by molar-refractivity contribution is 0.122. The molecule has 2 aromatic heterocycles. The summed E-state index contributed by atoms with van der Waals surface area (Å²) in [5, 5.41) is 22.6. The summed E-state index contributed by atoms with van der Waals surface area (Å²) in [5.74, 6) is -0.535. The zero-order chi connectivity index (χ0) is 30.1. The van der Waals surface area contributed by atoms with Gasteiger partial charge in [-0.15, -0.1) is 16.9 Å². The average molecular weight is 641 g/mol. The maximum absolute atomic E-state index is 13.8. The Labute approximate surface area is 262 Å². The van der Waals surface area contributed by atoms with Gasteiger partial charge in [0.25, 0.3) is 0 Å². The number of ether oxygens (including phenoxy) is 1. The zero-order valence-electron chi connectivity index (χ0n) is 23.3. The molecular formula is C29H28Cl2FN9OS. The molecule has 4 aromatic rings. The van der Waals surface area contributed by atoms with E-state index in [1.807, 2.05) is 22.7 Å². The quantitative estimate of drug-likeness (QED) is 0.175. The summed E-state index contributed by atoms with van der Waals surface area (Å²) in [6, 6.07) is 9.99. The molecule has 14 heteroatoms. The molecule has 2 aromatic carbocycles. The second-order valence-electron chi connectivity index (χ2n) is 10.3. The fourth-order valence-corrected chi connectivity index (χ4v) is 6.19. The van der Waals surface area contributed by atoms with Crippen LogP contribution in [0.25, 0.3) is 10.9 Å². The van der Waals surface area contributed by atoms with E-state index in [0.29, 0.717) is 51.8 Å². The highest BCUT2D eigenvalue weighted by molar-refractivity contribution is 7.13. The van der Waals surface area contributed by atoms with Crippen LogP contribution in [0.3, 0.4) is 0 Å². The number of anilines is 4. The third kappa shape index (κ3) is 6.13. The number of benzene rings is 2. The molecule has 222 valence electrons. The highest BCUT2D eigenvalue weighted by Gasteiger charge is 2.27. The predicted octanol–water partition coefficient (Wildman–Crippen LogP) is 6.32. The summed E-state index contributed by atoms with van der Waals surface area (Å²) in [4.78, 5) is 11.7. The standard InChI is InChI=1S/C29H28Cl2FN9OS/c1-16(2)41-14-24(38-39-41)28(25-15-43-29(37-25)40-5-7-42-8-6-40)36-19-9-20-26(35-18-3-4-23(32)21(30)10-18)17(12-33)13-34-27(20)22(31)11-19/h3-4,9-11,13-16,28,36,38-39H,5-8H2,1-2H3,(H,34,35)/t28-/m1/s1. The number of hydrazine groups is 2. The van der Waals surface area contributed by atoms with E-state index in [1.54, 1.807) is 23.5 Å². The lowest BCUT2D eigenvalue weighted by atomic mass is 10.1. The number of aromatic nitrogens is 2. The van der Waals surface area contributed by atoms with Crippen molar-refractivity contribution in [2.45, 2.75) is 25.9 Å². The SMILES string of the molecule is CC(C)N1C=C([C@@H](Nc2cc(Cl)c3ncc(C#N)c(Nc4ccc(F)c(Cl)c4)c3c2)c2csc(N3CCOCC3)n2)NN1. The third-order valence-electron chi connectivity index (χ3n) is 7.11. The Morgan fingerprint density at radius 1 is 1.14 bits per heavy atom. The molecule has 1 fully saturated rings. The Balaban J connectivity index is 1.40. The largest absolute Gasteiger partial charge is 0.378 e. The molecule has 0 saturated carbocycles. The van der Waals surface area contributed by atoms with Gasteiger partial charge in [-0.3, -0.25) is 9.99 Å². The van der Waals surface area contributed by atoms with Crippen molar-refractivity contribution in [2.24, 2.45) is 0 Å². The minimum atomic E-state index is -0.535. The van der Waals surface area contributed by atoms with Crippen molar-refractivity contribution in [3.8, 4) is 6.07 Å². The number of nitrogens with zero attached hydrogens (tertiary/aromatic N) is 5. The summed E-state index contributed by atoms with van der Waals surface area (Å²) in [6.07, 6.45) is 3.47. The number of nitriles is 1. The molecule has 2 aliphatic rings. The lowest BCUT2D eigenvalue weighted by Gasteiger charge is -2.26. The molecule has 2 aliphatic heterocycles. The Kier molecular flexibility index (Phi) is 8.43. The molecule has 43 heavy (non-hydrogen) atoms. The lowest BCUT2D eigenvalue weighted by Crippen LogP contribution is -2.41. The first-order valence-electron chi connectivity index (χ1n) is 13.6. The highest BCUT2D eigenvalue weighted by atomic mass is 35.5. The molecule has 0 aliphatic carbocycles. The molecular weight excluding hydrogens is 612 g/mol. The summed E-state index contributed by atoms with van der Waals surface area (Å²) in [5.41, 5.74) is 10.7. The number of morpholine rings is 1. The maximum atomic E-state index is 13.8. The van der Waals surface area contributed by atoms with Gasteiger partial charge in [0.1, 0.15) is 17.9 Å². The average Bonchev–Trinajstić information content (AvgIpc) is 3.70. The van der Waals surface area contributed by atoms with Crippen LogP contribution in [-0.2, 0) is 4.74 Å². The van der Waals surface area contributed by atoms with Gasteiger partial charge in [-0.05, 0) is 44.2 Å². The molecule has 0 radical (unpaired) electrons. The van der Waals surface area contributed by atoms with E-state index in [1.165, 1.54) is 18.3 Å². The van der Waals surface area contributed by atoms with Gasteiger partial charge in [0.05, 0.1) is 51.4 Å². The number of hydrogen-bond acceptors (Lipinski definition) is 11. The van der Waals surface area contributed by atoms with Crippen LogP contribution in [0, 0.1) is 17.1 Å². The van der Waals surface area contributed by atoms with Crippen molar-refractivity contribution >= 4 is 67.6 Å². The van der Waals surface area contributed by atoms with E-state index in [9.17, 15) is 9.65 Å². The van der Waals surface area contributed by atoms with Crippen molar-refractivity contribution < 1.29 is 9.13 Å². The van der Waals surface area contributed by atoms with Gasteiger partial charge in [-0.1, -0.05) is 23.2 Å². The zero-order valence-corrected chi connectivity index (χ0v) is 25.6. The van der Waals surface area contributed by atoms with Crippen molar-refractivity contribution in [1.82, 2.24) is 25.9 Å². The van der Waals surface area contributed by atoms with Crippen LogP contribution in [0.1, 0.15) is 31.1 Å². The van der Waals surface area contributed by atoms with Gasteiger partial charge < -0.3 is 25.7 Å². The Morgan fingerprint density at radius 2 is 1.93 bits per heavy atom. The summed E-state index contributed by atoms with van der Waals surface area (Å²) in [6.45, 7) is 7.09. The topological polar surface area (TPSA) is 113 Å². The number of thiazole rings is 1. The molecule has 10 nitrogen and oxygen atoms in total. The van der Waals surface area contributed by atoms with Gasteiger partial charge >= 0.3 is 0 Å². The van der Waals surface area contributed by atoms with Gasteiger partial charge in [0.15, 0.2) is 5.13 Å². The van der Waals surface area contributed by atoms with Crippen LogP contribution in [0.4, 0.5) is 26.6 Å². The van der Waals surface area contributed by atoms with E-state index in [-0.39, 0.29) is 17.1 Å². The van der Waals surface area contributed by atoms with Crippen LogP contribution in [0.15, 0.2) is 53.8 Å². The van der Waals surface area contributed by atoms with Crippen LogP contribution in [-0.4, -0.2) is 47.3 Å². The number of halogens is 3. The summed E-state index contributed by atoms with van der Waals surface area (Å²) >= 11 is 14.4. The third-order valence-corrected chi connectivity index (χ3v) is 8.60. The molecule has 4 N–H and O–H groups in total. The van der Waals surface area contributed by atoms with Gasteiger partial charge in [-0.25, -0.2) is 9.37 Å². The number of rotatable bonds is 8. The van der Waals surface area contributed by atoms with E-state index in [0.717, 1.165) is 29.6 Å². The normalized spacial score (nSPS) is 15.8. The van der Waals surface area contributed by atoms with Crippen LogP contribution in [0.2, 0.25) is 10.0 Å². The molecule has 4 heterocycles. The first-order chi connectivity index (χ1) is 20.8. The number of fused-ring (bicyclic) bond motifs is 1. The van der Waals surface area contributed by atoms with Gasteiger partial charge in [-0.2, -0.15) is 5.26 Å². The second kappa shape index (κ2) is 12.4. The minimum Gasteiger partial charge on any atom is -0.378 e. The number of hydrogen-bond donors (Lipinski definition) is 4. The molecule has 6 rings (SSSR count). The monoisotopic (exact) mass is 639 g/mol. The molecule has 1 saturated heterocycles. The fraction of sp³-hybridized carbons (Fsp3) is 0.276. The summed E-state index contributed by atoms with van der Waals surface area (Å²) < 4.78 is 19.3. The van der Waals surface area contributed by atoms with Gasteiger partial charge in [0.2, 0.25) is 0 Å². The first kappa shape index (κ1) is 29.2. The Morgan fingerprint density at radius 3 is 2.65 bits per heavy atom. The van der Waals surface area contributed by atoms with E-state index >= 15 is 0 Å². The fourth-order valence-electron chi connectivity index (χ4n) is 4.84. The number of pyridine rings is 1.